The number of nitrogens with zero attached hydrogens (tertiary/aromatic N) is 1. The Balaban J connectivity index is 4.39. The van der Waals surface area contributed by atoms with E-state index in [0.717, 1.165) is 0 Å². The molecule has 0 aliphatic rings. The number of hydrazone groups is 1. The summed E-state index contributed by atoms with van der Waals surface area (Å²) in [7, 11) is 0. The lowest BCUT2D eigenvalue weighted by Crippen LogP contribution is -2.47. The second-order valence-corrected chi connectivity index (χ2v) is 5.73. The van der Waals surface area contributed by atoms with Crippen molar-refractivity contribution in [3.05, 3.63) is 0 Å². The van der Waals surface area contributed by atoms with Gasteiger partial charge in [-0.05, 0) is 41.5 Å². The van der Waals surface area contributed by atoms with E-state index in [1.807, 2.05) is 0 Å². The van der Waals surface area contributed by atoms with Crippen molar-refractivity contribution in [3.63, 3.8) is 0 Å². The maximum absolute atomic E-state index is 11.4. The van der Waals surface area contributed by atoms with Crippen LogP contribution >= 0.6 is 0 Å². The van der Waals surface area contributed by atoms with Gasteiger partial charge in [-0.15, -0.1) is 5.10 Å². The number of hydrogen-bond donors (Lipinski definition) is 3. The number of nitrogens with two attached hydrogens (primary N) is 1. The highest BCUT2D eigenvalue weighted by molar-refractivity contribution is 6.01. The van der Waals surface area contributed by atoms with Crippen LogP contribution in [0.15, 0.2) is 5.10 Å². The van der Waals surface area contributed by atoms with Gasteiger partial charge in [-0.2, -0.15) is 0 Å². The summed E-state index contributed by atoms with van der Waals surface area (Å²) in [5.74, 6) is 4.78. The van der Waals surface area contributed by atoms with Crippen molar-refractivity contribution in [1.82, 2.24) is 10.6 Å². The molecule has 0 aliphatic heterocycles. The third kappa shape index (κ3) is 9.69. The Morgan fingerprint density at radius 1 is 0.895 bits per heavy atom. The average Bonchev–Trinajstić information content (AvgIpc) is 2.10. The van der Waals surface area contributed by atoms with Gasteiger partial charge in [-0.3, -0.25) is 10.6 Å². The predicted molar refractivity (Wildman–Crippen MR) is 70.4 cm³/mol. The number of ether oxygens (including phenoxy) is 2. The first-order chi connectivity index (χ1) is 8.43. The molecule has 0 atom stereocenters. The van der Waals surface area contributed by atoms with Gasteiger partial charge in [0.15, 0.2) is 0 Å². The molecule has 4 N–H and O–H groups in total. The summed E-state index contributed by atoms with van der Waals surface area (Å²) in [6, 6.07) is 0. The molecule has 0 aromatic heterocycles. The molecule has 2 amide bonds. The second kappa shape index (κ2) is 6.26. The topological polar surface area (TPSA) is 115 Å². The molecule has 19 heavy (non-hydrogen) atoms. The molecule has 0 rings (SSSR count). The molecule has 0 bridgehead atoms. The largest absolute Gasteiger partial charge is 0.444 e. The zero-order valence-corrected chi connectivity index (χ0v) is 12.2. The van der Waals surface area contributed by atoms with E-state index in [9.17, 15) is 9.59 Å². The molecule has 0 unspecified atom stereocenters. The Labute approximate surface area is 112 Å². The fourth-order valence-electron chi connectivity index (χ4n) is 0.896. The van der Waals surface area contributed by atoms with Crippen LogP contribution in [0.4, 0.5) is 9.59 Å². The molecule has 0 aliphatic carbocycles. The molecule has 0 saturated carbocycles. The first kappa shape index (κ1) is 17.0. The van der Waals surface area contributed by atoms with E-state index in [1.54, 1.807) is 41.5 Å². The molecule has 0 radical (unpaired) electrons. The van der Waals surface area contributed by atoms with Crippen molar-refractivity contribution in [1.29, 1.82) is 0 Å². The van der Waals surface area contributed by atoms with E-state index in [-0.39, 0.29) is 5.96 Å². The molecular formula is C11H22N4O4. The van der Waals surface area contributed by atoms with E-state index in [1.165, 1.54) is 0 Å². The number of nitrogens with one attached hydrogen (secondary N) is 2. The van der Waals surface area contributed by atoms with Crippen molar-refractivity contribution in [2.45, 2.75) is 52.7 Å². The lowest BCUT2D eigenvalue weighted by Gasteiger charge is -2.21. The van der Waals surface area contributed by atoms with Crippen LogP contribution < -0.4 is 16.5 Å². The summed E-state index contributed by atoms with van der Waals surface area (Å²) >= 11 is 0. The third-order valence-electron chi connectivity index (χ3n) is 1.37. The van der Waals surface area contributed by atoms with Crippen LogP contribution in [0.1, 0.15) is 41.5 Å². The molecule has 0 aromatic rings. The normalized spacial score (nSPS) is 11.3. The smallest absolute Gasteiger partial charge is 0.414 e. The molecule has 0 spiro atoms. The van der Waals surface area contributed by atoms with Crippen LogP contribution in [0.25, 0.3) is 0 Å². The highest BCUT2D eigenvalue weighted by Crippen LogP contribution is 2.07. The molecule has 0 saturated heterocycles. The number of hydrogen-bond acceptors (Lipinski definition) is 6. The Morgan fingerprint density at radius 3 is 1.42 bits per heavy atom. The summed E-state index contributed by atoms with van der Waals surface area (Å²) < 4.78 is 9.95. The standard InChI is InChI=1S/C11H22N4O4/c1-10(2,3)18-8(16)13-7(15-12)14-9(17)19-11(4,5)6/h12H2,1-6H3,(H2,13,14,15,16,17). The summed E-state index contributed by atoms with van der Waals surface area (Å²) in [6.07, 6.45) is -1.57. The maximum atomic E-state index is 11.4. The van der Waals surface area contributed by atoms with Crippen LogP contribution in [-0.2, 0) is 9.47 Å². The van der Waals surface area contributed by atoms with E-state index >= 15 is 0 Å². The Morgan fingerprint density at radius 2 is 1.21 bits per heavy atom. The number of rotatable bonds is 0. The minimum absolute atomic E-state index is 0.261. The minimum atomic E-state index is -0.784. The number of alkyl carbamates (subject to hydrolysis) is 2. The van der Waals surface area contributed by atoms with Gasteiger partial charge in [-0.25, -0.2) is 9.59 Å². The molecular weight excluding hydrogens is 252 g/mol. The van der Waals surface area contributed by atoms with Crippen molar-refractivity contribution < 1.29 is 19.1 Å². The third-order valence-corrected chi connectivity index (χ3v) is 1.37. The molecule has 0 fully saturated rings. The van der Waals surface area contributed by atoms with Gasteiger partial charge in [0.05, 0.1) is 0 Å². The maximum Gasteiger partial charge on any atom is 0.414 e. The summed E-state index contributed by atoms with van der Waals surface area (Å²) in [5.41, 5.74) is -1.34. The van der Waals surface area contributed by atoms with Crippen LogP contribution in [0, 0.1) is 0 Å². The van der Waals surface area contributed by atoms with Crippen LogP contribution in [-0.4, -0.2) is 29.3 Å². The SMILES string of the molecule is CC(C)(C)OC(=O)NC(=NN)NC(=O)OC(C)(C)C. The summed E-state index contributed by atoms with van der Waals surface area (Å²) in [4.78, 5) is 22.9. The predicted octanol–water partition coefficient (Wildman–Crippen LogP) is 1.27. The number of carbonyl (C=O) groups is 2. The van der Waals surface area contributed by atoms with Crippen LogP contribution in [0.3, 0.4) is 0 Å². The number of guanidine groups is 1. The number of amides is 2. The van der Waals surface area contributed by atoms with Gasteiger partial charge in [0, 0.05) is 0 Å². The average molecular weight is 274 g/mol. The van der Waals surface area contributed by atoms with Gasteiger partial charge < -0.3 is 15.3 Å². The summed E-state index contributed by atoms with van der Waals surface area (Å²) in [5, 5.41) is 7.60. The lowest BCUT2D eigenvalue weighted by molar-refractivity contribution is 0.0545. The van der Waals surface area contributed by atoms with E-state index in [4.69, 9.17) is 15.3 Å². The van der Waals surface area contributed by atoms with Gasteiger partial charge in [0.2, 0.25) is 5.96 Å². The van der Waals surface area contributed by atoms with E-state index < -0.39 is 23.4 Å². The first-order valence-corrected chi connectivity index (χ1v) is 5.71. The fourth-order valence-corrected chi connectivity index (χ4v) is 0.896. The fraction of sp³-hybridized carbons (Fsp3) is 0.727. The molecule has 0 aromatic carbocycles. The Bertz CT molecular complexity index is 334. The van der Waals surface area contributed by atoms with Gasteiger partial charge in [-0.1, -0.05) is 0 Å². The minimum Gasteiger partial charge on any atom is -0.444 e. The highest BCUT2D eigenvalue weighted by atomic mass is 16.6. The first-order valence-electron chi connectivity index (χ1n) is 5.71. The zero-order chi connectivity index (χ0) is 15.3. The van der Waals surface area contributed by atoms with E-state index in [2.05, 4.69) is 15.7 Å². The van der Waals surface area contributed by atoms with Crippen molar-refractivity contribution >= 4 is 18.1 Å². The van der Waals surface area contributed by atoms with Gasteiger partial charge in [0.1, 0.15) is 11.2 Å². The molecule has 0 heterocycles. The van der Waals surface area contributed by atoms with E-state index in [0.29, 0.717) is 0 Å². The lowest BCUT2D eigenvalue weighted by atomic mass is 10.2. The monoisotopic (exact) mass is 274 g/mol. The second-order valence-electron chi connectivity index (χ2n) is 5.73. The molecule has 8 heteroatoms. The van der Waals surface area contributed by atoms with Crippen molar-refractivity contribution in [3.8, 4) is 0 Å². The molecule has 8 nitrogen and oxygen atoms in total. The number of carbonyl (C=O) groups excluding carboxylic acids is 2. The highest BCUT2D eigenvalue weighted by Gasteiger charge is 2.20. The Hall–Kier alpha value is -1.99. The Kier molecular flexibility index (Phi) is 5.60. The van der Waals surface area contributed by atoms with Gasteiger partial charge >= 0.3 is 12.2 Å². The quantitative estimate of drug-likeness (QED) is 0.266. The van der Waals surface area contributed by atoms with Gasteiger partial charge in [0.25, 0.3) is 0 Å². The van der Waals surface area contributed by atoms with Crippen molar-refractivity contribution in [2.24, 2.45) is 10.9 Å². The van der Waals surface area contributed by atoms with Crippen LogP contribution in [0.5, 0.6) is 0 Å². The summed E-state index contributed by atoms with van der Waals surface area (Å²) in [6.45, 7) is 10.2. The zero-order valence-electron chi connectivity index (χ0n) is 12.2. The van der Waals surface area contributed by atoms with Crippen molar-refractivity contribution in [2.75, 3.05) is 0 Å². The van der Waals surface area contributed by atoms with Crippen LogP contribution in [0.2, 0.25) is 0 Å². The molecule has 110 valence electrons.